The molecule has 202 valence electrons. The average Bonchev–Trinajstić information content (AvgIpc) is 3.46. The Morgan fingerprint density at radius 2 is 1.97 bits per heavy atom. The highest BCUT2D eigenvalue weighted by Gasteiger charge is 2.44. The first kappa shape index (κ1) is 28.9. The summed E-state index contributed by atoms with van der Waals surface area (Å²) in [6.45, 7) is 7.90. The molecular formula is C27H38N4O5S. The topological polar surface area (TPSA) is 135 Å². The summed E-state index contributed by atoms with van der Waals surface area (Å²) >= 11 is 1.59. The molecule has 1 aliphatic heterocycles. The number of aliphatic hydroxyl groups excluding tert-OH is 1. The van der Waals surface area contributed by atoms with Gasteiger partial charge in [-0.15, -0.1) is 11.3 Å². The second-order valence-electron chi connectivity index (χ2n) is 10.5. The third-order valence-electron chi connectivity index (χ3n) is 6.47. The maximum atomic E-state index is 13.6. The predicted octanol–water partition coefficient (Wildman–Crippen LogP) is 2.09. The third-order valence-corrected chi connectivity index (χ3v) is 7.45. The summed E-state index contributed by atoms with van der Waals surface area (Å²) in [5, 5.41) is 13.1. The first-order chi connectivity index (χ1) is 17.5. The molecule has 10 heteroatoms. The Morgan fingerprint density at radius 3 is 2.57 bits per heavy atom. The zero-order valence-electron chi connectivity index (χ0n) is 22.0. The quantitative estimate of drug-likeness (QED) is 0.379. The van der Waals surface area contributed by atoms with E-state index in [0.717, 1.165) is 21.7 Å². The summed E-state index contributed by atoms with van der Waals surface area (Å²) in [4.78, 5) is 46.0. The Labute approximate surface area is 222 Å². The molecule has 1 saturated heterocycles. The Balaban J connectivity index is 1.65. The van der Waals surface area contributed by atoms with Gasteiger partial charge in [0.25, 0.3) is 0 Å². The summed E-state index contributed by atoms with van der Waals surface area (Å²) < 4.78 is 5.19. The molecule has 9 nitrogen and oxygen atoms in total. The summed E-state index contributed by atoms with van der Waals surface area (Å²) in [6.07, 6.45) is 0.190. The molecule has 0 radical (unpaired) electrons. The lowest BCUT2D eigenvalue weighted by molar-refractivity contribution is -0.144. The van der Waals surface area contributed by atoms with Crippen LogP contribution in [0.1, 0.15) is 44.9 Å². The molecule has 37 heavy (non-hydrogen) atoms. The second-order valence-corrected chi connectivity index (χ2v) is 11.4. The zero-order valence-corrected chi connectivity index (χ0v) is 22.8. The van der Waals surface area contributed by atoms with Gasteiger partial charge in [0.15, 0.2) is 5.78 Å². The number of likely N-dealkylation sites (tertiary alicyclic amines) is 1. The van der Waals surface area contributed by atoms with Crippen LogP contribution in [-0.2, 0) is 25.5 Å². The molecule has 2 heterocycles. The van der Waals surface area contributed by atoms with Crippen molar-refractivity contribution in [2.24, 2.45) is 11.1 Å². The molecule has 2 amide bonds. The Bertz CT molecular complexity index is 1080. The monoisotopic (exact) mass is 530 g/mol. The molecule has 4 N–H and O–H groups in total. The van der Waals surface area contributed by atoms with Crippen LogP contribution in [0.25, 0.3) is 10.4 Å². The number of β-amino-alcohol motifs (C(OH)–C–C–N with tert-alkyl or cyclic N) is 1. The molecule has 3 rings (SSSR count). The van der Waals surface area contributed by atoms with Crippen LogP contribution in [0.2, 0.25) is 0 Å². The maximum Gasteiger partial charge on any atom is 0.246 e. The number of amides is 2. The fourth-order valence-electron chi connectivity index (χ4n) is 4.46. The number of carbonyl (C=O) groups is 3. The average molecular weight is 531 g/mol. The van der Waals surface area contributed by atoms with Crippen molar-refractivity contribution in [3.8, 4) is 10.4 Å². The van der Waals surface area contributed by atoms with Crippen LogP contribution in [0, 0.1) is 12.3 Å². The van der Waals surface area contributed by atoms with E-state index in [-0.39, 0.29) is 44.3 Å². The molecule has 1 fully saturated rings. The molecule has 1 aliphatic rings. The molecule has 0 unspecified atom stereocenters. The standard InChI is InChI=1S/C27H38N4O5S/c1-17-24(37-16-29-17)19-8-5-18(6-9-19)7-10-22(33)21-13-20(32)14-31(21)26(35)25(27(2,3)4)30-23(34)15-36-12-11-28/h5-6,8-9,16,20-21,25,32H,7,10-15,28H2,1-4H3,(H,30,34)/t20-,21+,25-/m1/s1. The van der Waals surface area contributed by atoms with Crippen molar-refractivity contribution in [2.45, 2.75) is 65.1 Å². The number of benzene rings is 1. The van der Waals surface area contributed by atoms with Crippen molar-refractivity contribution in [2.75, 3.05) is 26.3 Å². The van der Waals surface area contributed by atoms with Gasteiger partial charge in [-0.25, -0.2) is 4.98 Å². The van der Waals surface area contributed by atoms with Gasteiger partial charge in [-0.3, -0.25) is 14.4 Å². The lowest BCUT2D eigenvalue weighted by Crippen LogP contribution is -2.57. The first-order valence-electron chi connectivity index (χ1n) is 12.6. The van der Waals surface area contributed by atoms with Crippen molar-refractivity contribution in [1.82, 2.24) is 15.2 Å². The van der Waals surface area contributed by atoms with E-state index in [9.17, 15) is 19.5 Å². The molecule has 2 aromatic rings. The number of thiazole rings is 1. The number of nitrogens with two attached hydrogens (primary N) is 1. The number of aliphatic hydroxyl groups is 1. The van der Waals surface area contributed by atoms with Crippen LogP contribution in [0.3, 0.4) is 0 Å². The molecular weight excluding hydrogens is 492 g/mol. The number of nitrogens with one attached hydrogen (secondary N) is 1. The van der Waals surface area contributed by atoms with Gasteiger partial charge in [-0.1, -0.05) is 45.0 Å². The molecule has 0 aliphatic carbocycles. The number of hydrogen-bond donors (Lipinski definition) is 3. The minimum absolute atomic E-state index is 0.0598. The van der Waals surface area contributed by atoms with Crippen LogP contribution >= 0.6 is 11.3 Å². The van der Waals surface area contributed by atoms with E-state index in [1.54, 1.807) is 11.3 Å². The minimum Gasteiger partial charge on any atom is -0.391 e. The highest BCUT2D eigenvalue weighted by atomic mass is 32.1. The summed E-state index contributed by atoms with van der Waals surface area (Å²) in [7, 11) is 0. The Morgan fingerprint density at radius 1 is 1.27 bits per heavy atom. The molecule has 1 aromatic carbocycles. The van der Waals surface area contributed by atoms with Gasteiger partial charge in [0.1, 0.15) is 12.6 Å². The molecule has 0 bridgehead atoms. The smallest absolute Gasteiger partial charge is 0.246 e. The number of nitrogens with zero attached hydrogens (tertiary/aromatic N) is 2. The van der Waals surface area contributed by atoms with Crippen molar-refractivity contribution in [3.63, 3.8) is 0 Å². The second kappa shape index (κ2) is 12.7. The fraction of sp³-hybridized carbons (Fsp3) is 0.556. The molecule has 1 aromatic heterocycles. The largest absolute Gasteiger partial charge is 0.391 e. The van der Waals surface area contributed by atoms with Crippen molar-refractivity contribution < 1.29 is 24.2 Å². The van der Waals surface area contributed by atoms with Crippen LogP contribution in [-0.4, -0.2) is 77.1 Å². The van der Waals surface area contributed by atoms with Gasteiger partial charge in [0.2, 0.25) is 11.8 Å². The van der Waals surface area contributed by atoms with Gasteiger partial charge in [-0.2, -0.15) is 0 Å². The number of Topliss-reactive ketones (excluding diaryl/α,β-unsaturated/α-hetero) is 1. The van der Waals surface area contributed by atoms with E-state index in [2.05, 4.69) is 10.3 Å². The van der Waals surface area contributed by atoms with E-state index in [1.807, 2.05) is 57.5 Å². The van der Waals surface area contributed by atoms with Gasteiger partial charge in [0, 0.05) is 25.9 Å². The maximum absolute atomic E-state index is 13.6. The number of aryl methyl sites for hydroxylation is 2. The van der Waals surface area contributed by atoms with Crippen LogP contribution < -0.4 is 11.1 Å². The number of hydrogen-bond acceptors (Lipinski definition) is 8. The van der Waals surface area contributed by atoms with Gasteiger partial charge >= 0.3 is 0 Å². The first-order valence-corrected chi connectivity index (χ1v) is 13.5. The van der Waals surface area contributed by atoms with Crippen LogP contribution in [0.15, 0.2) is 29.8 Å². The fourth-order valence-corrected chi connectivity index (χ4v) is 5.28. The van der Waals surface area contributed by atoms with E-state index in [0.29, 0.717) is 13.0 Å². The number of ketones is 1. The summed E-state index contributed by atoms with van der Waals surface area (Å²) in [5.41, 5.74) is 9.71. The summed E-state index contributed by atoms with van der Waals surface area (Å²) in [6, 6.07) is 6.48. The lowest BCUT2D eigenvalue weighted by Gasteiger charge is -2.35. The van der Waals surface area contributed by atoms with E-state index < -0.39 is 29.5 Å². The van der Waals surface area contributed by atoms with Crippen LogP contribution in [0.4, 0.5) is 0 Å². The van der Waals surface area contributed by atoms with E-state index in [4.69, 9.17) is 10.5 Å². The normalized spacial score (nSPS) is 18.6. The SMILES string of the molecule is Cc1ncsc1-c1ccc(CCC(=O)[C@@H]2C[C@@H](O)CN2C(=O)[C@@H](NC(=O)COCCN)C(C)(C)C)cc1. The van der Waals surface area contributed by atoms with Crippen LogP contribution in [0.5, 0.6) is 0 Å². The number of ether oxygens (including phenoxy) is 1. The van der Waals surface area contributed by atoms with E-state index in [1.165, 1.54) is 4.90 Å². The van der Waals surface area contributed by atoms with E-state index >= 15 is 0 Å². The Kier molecular flexibility index (Phi) is 9.94. The van der Waals surface area contributed by atoms with Gasteiger partial charge in [0.05, 0.1) is 34.8 Å². The van der Waals surface area contributed by atoms with Gasteiger partial charge < -0.3 is 25.8 Å². The number of rotatable bonds is 11. The highest BCUT2D eigenvalue weighted by Crippen LogP contribution is 2.29. The Hall–Kier alpha value is -2.66. The van der Waals surface area contributed by atoms with Crippen molar-refractivity contribution in [1.29, 1.82) is 0 Å². The third kappa shape index (κ3) is 7.67. The van der Waals surface area contributed by atoms with Gasteiger partial charge in [-0.05, 0) is 29.9 Å². The molecule has 3 atom stereocenters. The molecule has 0 saturated carbocycles. The summed E-state index contributed by atoms with van der Waals surface area (Å²) in [5.74, 6) is -0.905. The predicted molar refractivity (Wildman–Crippen MR) is 143 cm³/mol. The van der Waals surface area contributed by atoms with Crippen molar-refractivity contribution >= 4 is 28.9 Å². The van der Waals surface area contributed by atoms with Crippen molar-refractivity contribution in [3.05, 3.63) is 41.0 Å². The number of aromatic nitrogens is 1. The highest BCUT2D eigenvalue weighted by molar-refractivity contribution is 7.13. The number of carbonyl (C=O) groups excluding carboxylic acids is 3. The molecule has 0 spiro atoms. The minimum atomic E-state index is -0.871. The zero-order chi connectivity index (χ0) is 27.2. The lowest BCUT2D eigenvalue weighted by atomic mass is 9.85.